The van der Waals surface area contributed by atoms with Crippen molar-refractivity contribution in [1.82, 2.24) is 0 Å². The van der Waals surface area contributed by atoms with E-state index in [4.69, 9.17) is 37.6 Å². The number of methoxy groups -OCH3 is 1. The number of fused-ring (bicyclic) bond motifs is 1. The molecule has 6 rings (SSSR count). The van der Waals surface area contributed by atoms with Gasteiger partial charge in [-0.05, 0) is 51.5 Å². The highest BCUT2D eigenvalue weighted by molar-refractivity contribution is 5.91. The van der Waals surface area contributed by atoms with Gasteiger partial charge in [0.15, 0.2) is 18.2 Å². The smallest absolute Gasteiger partial charge is 0.239 e. The summed E-state index contributed by atoms with van der Waals surface area (Å²) >= 11 is 0. The highest BCUT2D eigenvalue weighted by Crippen LogP contribution is 2.42. The lowest BCUT2D eigenvalue weighted by atomic mass is 9.98. The Morgan fingerprint density at radius 2 is 1.53 bits per heavy atom. The van der Waals surface area contributed by atoms with Gasteiger partial charge in [0.25, 0.3) is 0 Å². The number of aromatic hydroxyl groups is 1. The van der Waals surface area contributed by atoms with Gasteiger partial charge in [0.05, 0.1) is 26.4 Å². The molecule has 0 bridgehead atoms. The molecule has 3 aromatic rings. The fraction of sp³-hybridized carbons (Fsp3) is 0.553. The highest BCUT2D eigenvalue weighted by atomic mass is 16.8. The van der Waals surface area contributed by atoms with Crippen LogP contribution >= 0.6 is 0 Å². The molecule has 10 N–H and O–H groups in total. The first-order valence-electron chi connectivity index (χ1n) is 18.2. The van der Waals surface area contributed by atoms with E-state index in [9.17, 15) is 55.9 Å². The van der Waals surface area contributed by atoms with Gasteiger partial charge in [-0.25, -0.2) is 0 Å². The van der Waals surface area contributed by atoms with Crippen LogP contribution in [-0.4, -0.2) is 157 Å². The van der Waals surface area contributed by atoms with Gasteiger partial charge in [-0.2, -0.15) is 0 Å². The van der Waals surface area contributed by atoms with E-state index in [0.717, 1.165) is 11.6 Å². The zero-order valence-electron chi connectivity index (χ0n) is 31.3. The third-order valence-corrected chi connectivity index (χ3v) is 10.1. The Morgan fingerprint density at radius 3 is 2.18 bits per heavy atom. The summed E-state index contributed by atoms with van der Waals surface area (Å²) in [6.45, 7) is 3.84. The van der Waals surface area contributed by atoms with Crippen molar-refractivity contribution in [2.75, 3.05) is 20.3 Å². The fourth-order valence-corrected chi connectivity index (χ4v) is 6.71. The van der Waals surface area contributed by atoms with Crippen molar-refractivity contribution in [2.45, 2.75) is 113 Å². The lowest BCUT2D eigenvalue weighted by molar-refractivity contribution is -0.341. The van der Waals surface area contributed by atoms with E-state index in [1.54, 1.807) is 32.1 Å². The van der Waals surface area contributed by atoms with E-state index in [1.807, 2.05) is 0 Å². The third-order valence-electron chi connectivity index (χ3n) is 10.1. The van der Waals surface area contributed by atoms with Gasteiger partial charge in [0.2, 0.25) is 23.8 Å². The van der Waals surface area contributed by atoms with Gasteiger partial charge in [0.1, 0.15) is 83.2 Å². The van der Waals surface area contributed by atoms with Gasteiger partial charge < -0.3 is 88.6 Å². The molecule has 3 fully saturated rings. The number of allylic oxidation sites excluding steroid dienone is 2. The lowest BCUT2D eigenvalue weighted by Crippen LogP contribution is -2.62. The fourth-order valence-electron chi connectivity index (χ4n) is 6.71. The lowest BCUT2D eigenvalue weighted by Gasteiger charge is -2.44. The summed E-state index contributed by atoms with van der Waals surface area (Å²) in [5.74, 6) is -1.21. The Morgan fingerprint density at radius 1 is 0.842 bits per heavy atom. The molecule has 2 aromatic carbocycles. The van der Waals surface area contributed by atoms with E-state index in [0.29, 0.717) is 5.75 Å². The zero-order chi connectivity index (χ0) is 41.5. The maximum atomic E-state index is 14.7. The second-order valence-electron chi connectivity index (χ2n) is 14.4. The summed E-state index contributed by atoms with van der Waals surface area (Å²) in [5, 5.41) is 105. The molecule has 14 atom stereocenters. The van der Waals surface area contributed by atoms with E-state index in [1.165, 1.54) is 26.2 Å². The van der Waals surface area contributed by atoms with Gasteiger partial charge in [-0.15, -0.1) is 0 Å². The second-order valence-corrected chi connectivity index (χ2v) is 14.4. The number of hydrogen-bond acceptors (Lipinski definition) is 19. The maximum absolute atomic E-state index is 14.7. The number of aliphatic hydroxyl groups excluding tert-OH is 9. The topological polar surface area (TPSA) is 297 Å². The van der Waals surface area contributed by atoms with Crippen LogP contribution < -0.4 is 19.6 Å². The molecule has 0 saturated carbocycles. The number of rotatable bonds is 11. The Hall–Kier alpha value is -3.93. The van der Waals surface area contributed by atoms with Crippen LogP contribution in [-0.2, 0) is 25.4 Å². The van der Waals surface area contributed by atoms with Crippen molar-refractivity contribution < 1.29 is 88.6 Å². The molecule has 4 heterocycles. The molecule has 1 unspecified atom stereocenters. The summed E-state index contributed by atoms with van der Waals surface area (Å²) < 4.78 is 46.5. The molecule has 3 aliphatic rings. The minimum absolute atomic E-state index is 0.0184. The van der Waals surface area contributed by atoms with Crippen LogP contribution in [0.15, 0.2) is 51.2 Å². The Bertz CT molecular complexity index is 1940. The quantitative estimate of drug-likeness (QED) is 0.0990. The molecule has 1 aromatic heterocycles. The Labute approximate surface area is 325 Å². The summed E-state index contributed by atoms with van der Waals surface area (Å²) in [4.78, 5) is 14.7. The van der Waals surface area contributed by atoms with E-state index in [-0.39, 0.29) is 34.6 Å². The summed E-state index contributed by atoms with van der Waals surface area (Å²) in [6, 6.07) is 7.26. The predicted molar refractivity (Wildman–Crippen MR) is 193 cm³/mol. The standard InChI is InChI=1S/C38H48O19/c1-14(2)5-10-18-21(53-37-31(49)28(46)26(44)22(12-39)54-37)11-19(40)23-27(45)34(32(55-33(18)23)16-6-8-17(50-4)9-7-16)56-38-35(29(47)24(42)15(3)52-38)57-36-30(48)25(43)20(41)13-51-36/h5-9,11,15,20,22,24-26,28-31,35-44,46-49H,10,12-13H2,1-4H3/t15-,20+,22+,24-,25-,26+,28-,29+,30+,31+,35+,36-,37+,38?/m0/s1. The average molecular weight is 809 g/mol. The monoisotopic (exact) mass is 808 g/mol. The number of phenolic OH excluding ortho intramolecular Hbond substituents is 1. The molecule has 0 radical (unpaired) electrons. The zero-order valence-corrected chi connectivity index (χ0v) is 31.3. The number of phenols is 1. The van der Waals surface area contributed by atoms with Crippen molar-refractivity contribution in [3.05, 3.63) is 57.8 Å². The van der Waals surface area contributed by atoms with Crippen LogP contribution in [0.4, 0.5) is 0 Å². The molecule has 3 saturated heterocycles. The number of aliphatic hydroxyl groups is 9. The minimum Gasteiger partial charge on any atom is -0.507 e. The minimum atomic E-state index is -1.81. The molecular weight excluding hydrogens is 760 g/mol. The van der Waals surface area contributed by atoms with Crippen molar-refractivity contribution in [3.63, 3.8) is 0 Å². The molecule has 57 heavy (non-hydrogen) atoms. The largest absolute Gasteiger partial charge is 0.507 e. The van der Waals surface area contributed by atoms with Gasteiger partial charge in [0, 0.05) is 17.2 Å². The third kappa shape index (κ3) is 8.48. The molecule has 3 aliphatic heterocycles. The van der Waals surface area contributed by atoms with Crippen molar-refractivity contribution >= 4 is 11.0 Å². The number of ether oxygens (including phenoxy) is 7. The van der Waals surface area contributed by atoms with Gasteiger partial charge in [-0.1, -0.05) is 11.6 Å². The molecule has 0 amide bonds. The van der Waals surface area contributed by atoms with Crippen LogP contribution in [0.3, 0.4) is 0 Å². The summed E-state index contributed by atoms with van der Waals surface area (Å²) in [5.41, 5.74) is 0.0639. The van der Waals surface area contributed by atoms with Crippen LogP contribution in [0.1, 0.15) is 26.3 Å². The summed E-state index contributed by atoms with van der Waals surface area (Å²) in [7, 11) is 1.45. The van der Waals surface area contributed by atoms with Gasteiger partial charge >= 0.3 is 0 Å². The van der Waals surface area contributed by atoms with Crippen LogP contribution in [0.2, 0.25) is 0 Å². The second kappa shape index (κ2) is 17.5. The van der Waals surface area contributed by atoms with E-state index < -0.39 is 122 Å². The molecular formula is C38H48O19. The molecule has 19 heteroatoms. The summed E-state index contributed by atoms with van der Waals surface area (Å²) in [6.07, 6.45) is -21.0. The van der Waals surface area contributed by atoms with Crippen molar-refractivity contribution in [2.24, 2.45) is 0 Å². The van der Waals surface area contributed by atoms with Crippen LogP contribution in [0.25, 0.3) is 22.3 Å². The first-order valence-corrected chi connectivity index (χ1v) is 18.2. The highest BCUT2D eigenvalue weighted by Gasteiger charge is 2.50. The number of benzene rings is 2. The van der Waals surface area contributed by atoms with Crippen molar-refractivity contribution in [3.8, 4) is 34.3 Å². The van der Waals surface area contributed by atoms with Gasteiger partial charge in [-0.3, -0.25) is 4.79 Å². The molecule has 314 valence electrons. The average Bonchev–Trinajstić information content (AvgIpc) is 3.19. The molecule has 0 aliphatic carbocycles. The van der Waals surface area contributed by atoms with E-state index >= 15 is 0 Å². The van der Waals surface area contributed by atoms with E-state index in [2.05, 4.69) is 0 Å². The molecule has 0 spiro atoms. The normalized spacial score (nSPS) is 34.5. The maximum Gasteiger partial charge on any atom is 0.239 e. The first kappa shape index (κ1) is 42.7. The SMILES string of the molecule is COc1ccc(-c2oc3c(CC=C(C)C)c(O[C@@H]4O[C@H](CO)[C@@H](O)[C@H](O)[C@H]4O)cc(O)c3c(=O)c2OC2O[C@@H](C)[C@H](O)[C@@H](O)[C@H]2O[C@@H]2OC[C@@H](O)[C@H](O)[C@H]2O)cc1. The van der Waals surface area contributed by atoms with Crippen LogP contribution in [0, 0.1) is 0 Å². The molecule has 19 nitrogen and oxygen atoms in total. The van der Waals surface area contributed by atoms with Crippen LogP contribution in [0.5, 0.6) is 23.0 Å². The predicted octanol–water partition coefficient (Wildman–Crippen LogP) is -1.47. The Balaban J connectivity index is 1.50. The van der Waals surface area contributed by atoms with Crippen molar-refractivity contribution in [1.29, 1.82) is 0 Å². The Kier molecular flexibility index (Phi) is 13.1. The number of hydrogen-bond donors (Lipinski definition) is 10. The first-order chi connectivity index (χ1) is 27.1.